The Labute approximate surface area is 171 Å². The molecule has 1 saturated carbocycles. The Balaban J connectivity index is 1.53. The monoisotopic (exact) mass is 474 g/mol. The van der Waals surface area contributed by atoms with E-state index in [0.29, 0.717) is 30.1 Å². The van der Waals surface area contributed by atoms with E-state index in [1.807, 2.05) is 4.57 Å². The SMILES string of the molecule is Cn1nc(C2CCN(S(=O)(=O)c3ccc(Br)s3)CC2)n(C2CCCC2)c1=O. The van der Waals surface area contributed by atoms with E-state index in [1.165, 1.54) is 16.0 Å². The molecule has 1 saturated heterocycles. The summed E-state index contributed by atoms with van der Waals surface area (Å²) >= 11 is 4.57. The first-order valence-electron chi connectivity index (χ1n) is 9.29. The number of aryl methyl sites for hydroxylation is 1. The zero-order valence-electron chi connectivity index (χ0n) is 15.2. The smallest absolute Gasteiger partial charge is 0.276 e. The fourth-order valence-electron chi connectivity index (χ4n) is 4.20. The summed E-state index contributed by atoms with van der Waals surface area (Å²) in [6, 6.07) is 3.65. The van der Waals surface area contributed by atoms with Crippen LogP contribution in [0.3, 0.4) is 0 Å². The van der Waals surface area contributed by atoms with Crippen molar-refractivity contribution in [3.63, 3.8) is 0 Å². The predicted molar refractivity (Wildman–Crippen MR) is 108 cm³/mol. The van der Waals surface area contributed by atoms with Gasteiger partial charge in [0.15, 0.2) is 0 Å². The number of aromatic nitrogens is 3. The van der Waals surface area contributed by atoms with Crippen LogP contribution >= 0.6 is 27.3 Å². The molecule has 0 radical (unpaired) electrons. The molecule has 2 aromatic heterocycles. The molecule has 4 rings (SSSR count). The Hall–Kier alpha value is -0.970. The highest BCUT2D eigenvalue weighted by Gasteiger charge is 2.34. The van der Waals surface area contributed by atoms with Gasteiger partial charge in [-0.25, -0.2) is 17.9 Å². The molecule has 0 spiro atoms. The van der Waals surface area contributed by atoms with Gasteiger partial charge >= 0.3 is 5.69 Å². The highest BCUT2D eigenvalue weighted by atomic mass is 79.9. The van der Waals surface area contributed by atoms with Crippen molar-refractivity contribution in [3.05, 3.63) is 32.2 Å². The first-order valence-corrected chi connectivity index (χ1v) is 12.3. The van der Waals surface area contributed by atoms with Gasteiger partial charge in [-0.1, -0.05) is 12.8 Å². The van der Waals surface area contributed by atoms with Gasteiger partial charge in [0, 0.05) is 32.1 Å². The van der Waals surface area contributed by atoms with Gasteiger partial charge in [0.2, 0.25) is 0 Å². The summed E-state index contributed by atoms with van der Waals surface area (Å²) in [5.41, 5.74) is -0.0459. The first kappa shape index (κ1) is 19.4. The van der Waals surface area contributed by atoms with Gasteiger partial charge in [0.25, 0.3) is 10.0 Å². The minimum atomic E-state index is -3.45. The Morgan fingerprint density at radius 2 is 1.81 bits per heavy atom. The molecule has 0 N–H and O–H groups in total. The molecule has 2 fully saturated rings. The van der Waals surface area contributed by atoms with Crippen LogP contribution in [0.25, 0.3) is 0 Å². The van der Waals surface area contributed by atoms with E-state index in [2.05, 4.69) is 21.0 Å². The molecule has 3 heterocycles. The van der Waals surface area contributed by atoms with E-state index in [9.17, 15) is 13.2 Å². The van der Waals surface area contributed by atoms with Crippen LogP contribution in [0.5, 0.6) is 0 Å². The molecule has 27 heavy (non-hydrogen) atoms. The van der Waals surface area contributed by atoms with Crippen LogP contribution in [0.15, 0.2) is 24.9 Å². The maximum absolute atomic E-state index is 12.8. The zero-order valence-corrected chi connectivity index (χ0v) is 18.4. The largest absolute Gasteiger partial charge is 0.345 e. The number of sulfonamides is 1. The van der Waals surface area contributed by atoms with Gasteiger partial charge in [0.1, 0.15) is 10.0 Å². The van der Waals surface area contributed by atoms with Crippen LogP contribution < -0.4 is 5.69 Å². The van der Waals surface area contributed by atoms with E-state index >= 15 is 0 Å². The second kappa shape index (κ2) is 7.46. The van der Waals surface area contributed by atoms with Crippen LogP contribution in [-0.4, -0.2) is 40.2 Å². The number of piperidine rings is 1. The molecule has 2 aromatic rings. The molecule has 0 unspecified atom stereocenters. The van der Waals surface area contributed by atoms with Gasteiger partial charge in [-0.2, -0.15) is 9.40 Å². The van der Waals surface area contributed by atoms with Crippen molar-refractivity contribution in [1.82, 2.24) is 18.7 Å². The fourth-order valence-corrected chi connectivity index (χ4v) is 7.83. The molecule has 1 aliphatic carbocycles. The number of hydrogen-bond donors (Lipinski definition) is 0. The topological polar surface area (TPSA) is 77.2 Å². The van der Waals surface area contributed by atoms with Gasteiger partial charge in [-0.3, -0.25) is 4.57 Å². The van der Waals surface area contributed by atoms with E-state index < -0.39 is 10.0 Å². The Kier molecular flexibility index (Phi) is 5.34. The van der Waals surface area contributed by atoms with Crippen molar-refractivity contribution in [2.24, 2.45) is 7.05 Å². The maximum Gasteiger partial charge on any atom is 0.345 e. The summed E-state index contributed by atoms with van der Waals surface area (Å²) in [5, 5.41) is 4.52. The summed E-state index contributed by atoms with van der Waals surface area (Å²) in [5.74, 6) is 0.964. The van der Waals surface area contributed by atoms with Crippen molar-refractivity contribution < 1.29 is 8.42 Å². The normalized spacial score (nSPS) is 20.5. The molecule has 7 nitrogen and oxygen atoms in total. The van der Waals surface area contributed by atoms with Crippen molar-refractivity contribution in [2.45, 2.75) is 54.7 Å². The molecule has 1 aliphatic heterocycles. The second-order valence-electron chi connectivity index (χ2n) is 7.31. The minimum absolute atomic E-state index is 0.0459. The van der Waals surface area contributed by atoms with Gasteiger partial charge in [-0.15, -0.1) is 11.3 Å². The predicted octanol–water partition coefficient (Wildman–Crippen LogP) is 3.09. The third-order valence-corrected chi connectivity index (χ3v) is 9.62. The fraction of sp³-hybridized carbons (Fsp3) is 0.647. The zero-order chi connectivity index (χ0) is 19.2. The lowest BCUT2D eigenvalue weighted by Gasteiger charge is -2.31. The summed E-state index contributed by atoms with van der Waals surface area (Å²) in [6.45, 7) is 0.913. The summed E-state index contributed by atoms with van der Waals surface area (Å²) in [6.07, 6.45) is 5.74. The van der Waals surface area contributed by atoms with Crippen LogP contribution in [-0.2, 0) is 17.1 Å². The minimum Gasteiger partial charge on any atom is -0.276 e. The lowest BCUT2D eigenvalue weighted by Crippen LogP contribution is -2.38. The third kappa shape index (κ3) is 3.56. The number of thiophene rings is 1. The highest BCUT2D eigenvalue weighted by Crippen LogP contribution is 2.35. The van der Waals surface area contributed by atoms with E-state index in [4.69, 9.17) is 0 Å². The van der Waals surface area contributed by atoms with Crippen LogP contribution in [0.4, 0.5) is 0 Å². The summed E-state index contributed by atoms with van der Waals surface area (Å²) in [4.78, 5) is 12.6. The number of nitrogens with zero attached hydrogens (tertiary/aromatic N) is 4. The standard InChI is InChI=1S/C17H23BrN4O3S2/c1-20-17(23)22(13-4-2-3-5-13)16(19-20)12-8-10-21(11-9-12)27(24,25)15-7-6-14(18)26-15/h6-7,12-13H,2-5,8-11H2,1H3. The molecule has 0 atom stereocenters. The molecule has 0 amide bonds. The Morgan fingerprint density at radius 3 is 2.41 bits per heavy atom. The number of halogens is 1. The quantitative estimate of drug-likeness (QED) is 0.681. The first-order chi connectivity index (χ1) is 12.9. The van der Waals surface area contributed by atoms with E-state index in [1.54, 1.807) is 23.5 Å². The molecule has 0 aromatic carbocycles. The summed E-state index contributed by atoms with van der Waals surface area (Å²) in [7, 11) is -1.75. The Morgan fingerprint density at radius 1 is 1.15 bits per heavy atom. The number of hydrogen-bond acceptors (Lipinski definition) is 5. The van der Waals surface area contributed by atoms with Crippen molar-refractivity contribution in [1.29, 1.82) is 0 Å². The van der Waals surface area contributed by atoms with Crippen LogP contribution in [0.1, 0.15) is 56.3 Å². The molecular formula is C17H23BrN4O3S2. The van der Waals surface area contributed by atoms with Crippen LogP contribution in [0, 0.1) is 0 Å². The van der Waals surface area contributed by atoms with Crippen molar-refractivity contribution >= 4 is 37.3 Å². The van der Waals surface area contributed by atoms with Crippen molar-refractivity contribution in [2.75, 3.05) is 13.1 Å². The molecule has 148 valence electrons. The van der Waals surface area contributed by atoms with Gasteiger partial charge < -0.3 is 0 Å². The molecular weight excluding hydrogens is 452 g/mol. The van der Waals surface area contributed by atoms with Crippen molar-refractivity contribution in [3.8, 4) is 0 Å². The second-order valence-corrected chi connectivity index (χ2v) is 11.9. The molecule has 2 aliphatic rings. The molecule has 10 heteroatoms. The van der Waals surface area contributed by atoms with E-state index in [0.717, 1.165) is 35.3 Å². The third-order valence-electron chi connectivity index (χ3n) is 5.63. The average Bonchev–Trinajstić information content (AvgIpc) is 3.37. The Bertz CT molecular complexity index is 980. The lowest BCUT2D eigenvalue weighted by molar-refractivity contribution is 0.304. The van der Waals surface area contributed by atoms with Crippen LogP contribution in [0.2, 0.25) is 0 Å². The highest BCUT2D eigenvalue weighted by molar-refractivity contribution is 9.11. The lowest BCUT2D eigenvalue weighted by atomic mass is 9.97. The van der Waals surface area contributed by atoms with E-state index in [-0.39, 0.29) is 17.6 Å². The maximum atomic E-state index is 12.8. The van der Waals surface area contributed by atoms with Gasteiger partial charge in [0.05, 0.1) is 3.79 Å². The average molecular weight is 475 g/mol. The molecule has 0 bridgehead atoms. The summed E-state index contributed by atoms with van der Waals surface area (Å²) < 4.78 is 31.7. The number of rotatable bonds is 4. The van der Waals surface area contributed by atoms with Gasteiger partial charge in [-0.05, 0) is 53.7 Å².